The molecule has 144 valence electrons. The van der Waals surface area contributed by atoms with Gasteiger partial charge in [0, 0.05) is 24.0 Å². The van der Waals surface area contributed by atoms with E-state index >= 15 is 0 Å². The normalized spacial score (nSPS) is 17.4. The fourth-order valence-corrected chi connectivity index (χ4v) is 5.24. The van der Waals surface area contributed by atoms with E-state index in [4.69, 9.17) is 0 Å². The first-order valence-corrected chi connectivity index (χ1v) is 11.0. The molecule has 27 heavy (non-hydrogen) atoms. The van der Waals surface area contributed by atoms with E-state index < -0.39 is 10.0 Å². The first kappa shape index (κ1) is 19.7. The van der Waals surface area contributed by atoms with Crippen LogP contribution in [0.5, 0.6) is 0 Å². The first-order valence-electron chi connectivity index (χ1n) is 8.71. The van der Waals surface area contributed by atoms with Crippen LogP contribution in [-0.4, -0.2) is 49.5 Å². The Labute approximate surface area is 163 Å². The number of likely N-dealkylation sites (tertiary alicyclic amines) is 1. The minimum Gasteiger partial charge on any atom is -0.334 e. The van der Waals surface area contributed by atoms with Crippen molar-refractivity contribution >= 4 is 33.1 Å². The third-order valence-corrected chi connectivity index (χ3v) is 7.56. The summed E-state index contributed by atoms with van der Waals surface area (Å²) in [6.07, 6.45) is 1.81. The van der Waals surface area contributed by atoms with Crippen molar-refractivity contribution in [1.82, 2.24) is 9.21 Å². The quantitative estimate of drug-likeness (QED) is 0.692. The number of ketones is 1. The Bertz CT molecular complexity index is 921. The number of hydrogen-bond donors (Lipinski definition) is 0. The minimum atomic E-state index is -3.80. The van der Waals surface area contributed by atoms with Gasteiger partial charge in [0.2, 0.25) is 15.9 Å². The van der Waals surface area contributed by atoms with E-state index in [-0.39, 0.29) is 29.2 Å². The van der Waals surface area contributed by atoms with Crippen LogP contribution in [-0.2, 0) is 14.8 Å². The molecule has 1 atom stereocenters. The maximum atomic E-state index is 12.8. The topological polar surface area (TPSA) is 74.8 Å². The average Bonchev–Trinajstić information content (AvgIpc) is 3.32. The van der Waals surface area contributed by atoms with Crippen molar-refractivity contribution in [1.29, 1.82) is 0 Å². The summed E-state index contributed by atoms with van der Waals surface area (Å²) < 4.78 is 26.6. The zero-order chi connectivity index (χ0) is 19.6. The van der Waals surface area contributed by atoms with Crippen LogP contribution in [0.15, 0.2) is 46.7 Å². The lowest BCUT2D eigenvalue weighted by Gasteiger charge is -2.26. The highest BCUT2D eigenvalue weighted by Gasteiger charge is 2.33. The van der Waals surface area contributed by atoms with Crippen LogP contribution < -0.4 is 0 Å². The molecule has 1 saturated heterocycles. The van der Waals surface area contributed by atoms with Crippen molar-refractivity contribution in [3.05, 3.63) is 52.2 Å². The number of sulfonamides is 1. The van der Waals surface area contributed by atoms with Crippen molar-refractivity contribution in [3.8, 4) is 0 Å². The molecule has 0 radical (unpaired) electrons. The van der Waals surface area contributed by atoms with Crippen LogP contribution in [0.3, 0.4) is 0 Å². The number of nitrogens with zero attached hydrogens (tertiary/aromatic N) is 2. The van der Waals surface area contributed by atoms with Gasteiger partial charge in [-0.15, -0.1) is 11.3 Å². The summed E-state index contributed by atoms with van der Waals surface area (Å²) in [6.45, 7) is 1.86. The molecule has 1 amide bonds. The smallest absolute Gasteiger partial charge is 0.243 e. The lowest BCUT2D eigenvalue weighted by molar-refractivity contribution is -0.132. The number of hydrogen-bond acceptors (Lipinski definition) is 5. The number of amides is 1. The monoisotopic (exact) mass is 406 g/mol. The number of carbonyl (C=O) groups is 2. The molecule has 0 saturated carbocycles. The predicted octanol–water partition coefficient (Wildman–Crippen LogP) is 2.93. The molecule has 1 aliphatic heterocycles. The van der Waals surface area contributed by atoms with E-state index in [1.54, 1.807) is 16.2 Å². The van der Waals surface area contributed by atoms with Gasteiger partial charge < -0.3 is 4.90 Å². The second kappa shape index (κ2) is 7.92. The molecule has 1 fully saturated rings. The second-order valence-electron chi connectivity index (χ2n) is 6.60. The van der Waals surface area contributed by atoms with Gasteiger partial charge in [-0.1, -0.05) is 18.2 Å². The molecule has 0 spiro atoms. The lowest BCUT2D eigenvalue weighted by atomic mass is 10.2. The molecule has 8 heteroatoms. The molecule has 0 bridgehead atoms. The van der Waals surface area contributed by atoms with Crippen molar-refractivity contribution in [2.24, 2.45) is 0 Å². The van der Waals surface area contributed by atoms with Gasteiger partial charge in [-0.05, 0) is 43.3 Å². The van der Waals surface area contributed by atoms with Crippen LogP contribution in [0.2, 0.25) is 0 Å². The maximum absolute atomic E-state index is 12.8. The Hall–Kier alpha value is -2.03. The lowest BCUT2D eigenvalue weighted by Crippen LogP contribution is -2.40. The molecule has 2 aromatic rings. The molecule has 6 nitrogen and oxygen atoms in total. The summed E-state index contributed by atoms with van der Waals surface area (Å²) in [6, 6.07) is 9.77. The summed E-state index contributed by atoms with van der Waals surface area (Å²) in [5, 5.41) is 1.98. The summed E-state index contributed by atoms with van der Waals surface area (Å²) in [7, 11) is -2.40. The highest BCUT2D eigenvalue weighted by molar-refractivity contribution is 7.89. The highest BCUT2D eigenvalue weighted by atomic mass is 32.2. The maximum Gasteiger partial charge on any atom is 0.243 e. The predicted molar refractivity (Wildman–Crippen MR) is 104 cm³/mol. The standard InChI is InChI=1S/C19H22N2O4S2/c1-14(22)15-7-9-16(10-8-15)27(24,25)20(2)13-19(23)21-11-3-5-17(21)18-6-4-12-26-18/h4,6-10,12,17H,3,5,11,13H2,1-2H3. The number of benzene rings is 1. The molecule has 1 aliphatic rings. The SMILES string of the molecule is CC(=O)c1ccc(S(=O)(=O)N(C)CC(=O)N2CCCC2c2cccs2)cc1. The van der Waals surface area contributed by atoms with Crippen LogP contribution in [0.1, 0.15) is 41.0 Å². The second-order valence-corrected chi connectivity index (χ2v) is 9.63. The molecule has 2 heterocycles. The summed E-state index contributed by atoms with van der Waals surface area (Å²) in [4.78, 5) is 27.1. The molecule has 3 rings (SSSR count). The van der Waals surface area contributed by atoms with E-state index in [9.17, 15) is 18.0 Å². The van der Waals surface area contributed by atoms with Gasteiger partial charge in [-0.3, -0.25) is 9.59 Å². The Balaban J connectivity index is 1.72. The van der Waals surface area contributed by atoms with Crippen molar-refractivity contribution in [2.45, 2.75) is 30.7 Å². The van der Waals surface area contributed by atoms with Crippen LogP contribution in [0, 0.1) is 0 Å². The van der Waals surface area contributed by atoms with E-state index in [1.165, 1.54) is 38.2 Å². The summed E-state index contributed by atoms with van der Waals surface area (Å²) >= 11 is 1.61. The minimum absolute atomic E-state index is 0.0310. The molecule has 1 aromatic carbocycles. The molecule has 1 unspecified atom stereocenters. The zero-order valence-corrected chi connectivity index (χ0v) is 16.9. The highest BCUT2D eigenvalue weighted by Crippen LogP contribution is 2.34. The molecular weight excluding hydrogens is 384 g/mol. The van der Waals surface area contributed by atoms with E-state index in [0.717, 1.165) is 22.0 Å². The summed E-state index contributed by atoms with van der Waals surface area (Å²) in [5.41, 5.74) is 0.448. The number of thiophene rings is 1. The Morgan fingerprint density at radius 3 is 2.52 bits per heavy atom. The van der Waals surface area contributed by atoms with Crippen molar-refractivity contribution < 1.29 is 18.0 Å². The van der Waals surface area contributed by atoms with E-state index in [2.05, 4.69) is 0 Å². The van der Waals surface area contributed by atoms with Crippen LogP contribution in [0.25, 0.3) is 0 Å². The Kier molecular flexibility index (Phi) is 5.78. The number of Topliss-reactive ketones (excluding diaryl/α,β-unsaturated/α-hetero) is 1. The molecule has 1 aromatic heterocycles. The van der Waals surface area contributed by atoms with Crippen molar-refractivity contribution in [3.63, 3.8) is 0 Å². The fraction of sp³-hybridized carbons (Fsp3) is 0.368. The number of rotatable bonds is 6. The first-order chi connectivity index (χ1) is 12.8. The van der Waals surface area contributed by atoms with Gasteiger partial charge in [0.15, 0.2) is 5.78 Å². The molecule has 0 aliphatic carbocycles. The van der Waals surface area contributed by atoms with Crippen LogP contribution >= 0.6 is 11.3 Å². The van der Waals surface area contributed by atoms with Crippen LogP contribution in [0.4, 0.5) is 0 Å². The summed E-state index contributed by atoms with van der Waals surface area (Å²) in [5.74, 6) is -0.325. The third-order valence-electron chi connectivity index (χ3n) is 4.77. The zero-order valence-electron chi connectivity index (χ0n) is 15.3. The van der Waals surface area contributed by atoms with Gasteiger partial charge in [0.1, 0.15) is 0 Å². The molecule has 0 N–H and O–H groups in total. The number of carbonyl (C=O) groups excluding carboxylic acids is 2. The Morgan fingerprint density at radius 2 is 1.93 bits per heavy atom. The van der Waals surface area contributed by atoms with Gasteiger partial charge >= 0.3 is 0 Å². The Morgan fingerprint density at radius 1 is 1.22 bits per heavy atom. The van der Waals surface area contributed by atoms with Crippen molar-refractivity contribution in [2.75, 3.05) is 20.1 Å². The van der Waals surface area contributed by atoms with Gasteiger partial charge in [-0.2, -0.15) is 4.31 Å². The van der Waals surface area contributed by atoms with E-state index in [0.29, 0.717) is 12.1 Å². The van der Waals surface area contributed by atoms with E-state index in [1.807, 2.05) is 17.5 Å². The fourth-order valence-electron chi connectivity index (χ4n) is 3.25. The van der Waals surface area contributed by atoms with Gasteiger partial charge in [0.05, 0.1) is 17.5 Å². The number of likely N-dealkylation sites (N-methyl/N-ethyl adjacent to an activating group) is 1. The third kappa shape index (κ3) is 4.12. The van der Waals surface area contributed by atoms with Gasteiger partial charge in [-0.25, -0.2) is 8.42 Å². The molecular formula is C19H22N2O4S2. The largest absolute Gasteiger partial charge is 0.334 e. The average molecular weight is 407 g/mol. The van der Waals surface area contributed by atoms with Gasteiger partial charge in [0.25, 0.3) is 0 Å².